The topological polar surface area (TPSA) is 12.0 Å². The zero-order valence-electron chi connectivity index (χ0n) is 9.29. The molecule has 15 heavy (non-hydrogen) atoms. The third-order valence-electron chi connectivity index (χ3n) is 2.17. The van der Waals surface area contributed by atoms with Gasteiger partial charge < -0.3 is 5.32 Å². The van der Waals surface area contributed by atoms with Crippen molar-refractivity contribution in [3.63, 3.8) is 0 Å². The highest BCUT2D eigenvalue weighted by Gasteiger charge is 2.02. The van der Waals surface area contributed by atoms with Crippen molar-refractivity contribution in [3.05, 3.63) is 34.3 Å². The normalized spacial score (nSPS) is 12.7. The second kappa shape index (κ2) is 7.31. The molecule has 0 fully saturated rings. The quantitative estimate of drug-likeness (QED) is 0.857. The number of nitrogens with one attached hydrogen (secondary N) is 1. The zero-order valence-corrected chi connectivity index (χ0v) is 11.7. The molecule has 1 aromatic rings. The van der Waals surface area contributed by atoms with E-state index in [0.29, 0.717) is 6.04 Å². The van der Waals surface area contributed by atoms with Gasteiger partial charge in [-0.2, -0.15) is 11.8 Å². The number of thioether (sulfide) groups is 1. The first-order valence-corrected chi connectivity index (χ1v) is 7.23. The highest BCUT2D eigenvalue weighted by Crippen LogP contribution is 2.15. The lowest BCUT2D eigenvalue weighted by molar-refractivity contribution is 0.595. The molecule has 1 nitrogen and oxygen atoms in total. The van der Waals surface area contributed by atoms with Crippen LogP contribution in [0.15, 0.2) is 28.7 Å². The largest absolute Gasteiger partial charge is 0.309 e. The van der Waals surface area contributed by atoms with Gasteiger partial charge in [-0.05, 0) is 24.3 Å². The van der Waals surface area contributed by atoms with Crippen molar-refractivity contribution in [2.45, 2.75) is 26.4 Å². The Balaban J connectivity index is 2.33. The molecule has 1 atom stereocenters. The molecular weight excluding hydrogens is 270 g/mol. The van der Waals surface area contributed by atoms with E-state index in [4.69, 9.17) is 0 Å². The summed E-state index contributed by atoms with van der Waals surface area (Å²) in [5.74, 6) is 2.38. The third kappa shape index (κ3) is 5.05. The molecule has 0 saturated carbocycles. The van der Waals surface area contributed by atoms with Crippen molar-refractivity contribution in [2.24, 2.45) is 0 Å². The van der Waals surface area contributed by atoms with E-state index >= 15 is 0 Å². The van der Waals surface area contributed by atoms with Gasteiger partial charge in [0.15, 0.2) is 0 Å². The van der Waals surface area contributed by atoms with E-state index in [1.54, 1.807) is 0 Å². The molecule has 0 saturated heterocycles. The summed E-state index contributed by atoms with van der Waals surface area (Å²) in [6.07, 6.45) is 0. The Bertz CT molecular complexity index is 291. The Morgan fingerprint density at radius 2 is 2.13 bits per heavy atom. The van der Waals surface area contributed by atoms with Gasteiger partial charge >= 0.3 is 0 Å². The fourth-order valence-corrected chi connectivity index (χ4v) is 2.41. The van der Waals surface area contributed by atoms with Gasteiger partial charge in [-0.15, -0.1) is 0 Å². The van der Waals surface area contributed by atoms with Crippen LogP contribution in [0.1, 0.15) is 19.4 Å². The number of halogens is 1. The van der Waals surface area contributed by atoms with E-state index in [2.05, 4.69) is 53.3 Å². The summed E-state index contributed by atoms with van der Waals surface area (Å²) in [6.45, 7) is 5.37. The van der Waals surface area contributed by atoms with Crippen LogP contribution in [-0.4, -0.2) is 17.5 Å². The lowest BCUT2D eigenvalue weighted by Crippen LogP contribution is -2.27. The van der Waals surface area contributed by atoms with Crippen LogP contribution in [-0.2, 0) is 6.54 Å². The number of rotatable bonds is 6. The van der Waals surface area contributed by atoms with Crippen LogP contribution in [0.4, 0.5) is 0 Å². The van der Waals surface area contributed by atoms with Gasteiger partial charge in [-0.1, -0.05) is 41.1 Å². The van der Waals surface area contributed by atoms with Crippen molar-refractivity contribution < 1.29 is 0 Å². The first kappa shape index (κ1) is 13.1. The van der Waals surface area contributed by atoms with Crippen molar-refractivity contribution in [3.8, 4) is 0 Å². The molecule has 0 bridgehead atoms. The summed E-state index contributed by atoms with van der Waals surface area (Å²) < 4.78 is 1.19. The van der Waals surface area contributed by atoms with Gasteiger partial charge in [-0.25, -0.2) is 0 Å². The summed E-state index contributed by atoms with van der Waals surface area (Å²) >= 11 is 5.54. The smallest absolute Gasteiger partial charge is 0.0220 e. The van der Waals surface area contributed by atoms with Crippen molar-refractivity contribution in [1.29, 1.82) is 0 Å². The average molecular weight is 288 g/mol. The van der Waals surface area contributed by atoms with E-state index < -0.39 is 0 Å². The Hall–Kier alpha value is 0.01000. The molecule has 1 N–H and O–H groups in total. The van der Waals surface area contributed by atoms with Crippen LogP contribution in [0.2, 0.25) is 0 Å². The summed E-state index contributed by atoms with van der Waals surface area (Å²) in [5, 5.41) is 3.52. The molecule has 0 aromatic heterocycles. The van der Waals surface area contributed by atoms with Crippen LogP contribution in [0, 0.1) is 0 Å². The zero-order chi connectivity index (χ0) is 11.1. The van der Waals surface area contributed by atoms with E-state index in [-0.39, 0.29) is 0 Å². The Morgan fingerprint density at radius 3 is 2.80 bits per heavy atom. The number of hydrogen-bond donors (Lipinski definition) is 1. The van der Waals surface area contributed by atoms with Crippen LogP contribution in [0.5, 0.6) is 0 Å². The lowest BCUT2D eigenvalue weighted by atomic mass is 10.2. The molecule has 0 spiro atoms. The van der Waals surface area contributed by atoms with Gasteiger partial charge in [0, 0.05) is 22.8 Å². The van der Waals surface area contributed by atoms with E-state index in [1.807, 2.05) is 17.8 Å². The van der Waals surface area contributed by atoms with Crippen LogP contribution < -0.4 is 5.32 Å². The average Bonchev–Trinajstić information content (AvgIpc) is 2.25. The lowest BCUT2D eigenvalue weighted by Gasteiger charge is -2.13. The highest BCUT2D eigenvalue weighted by atomic mass is 79.9. The van der Waals surface area contributed by atoms with Gasteiger partial charge in [0.2, 0.25) is 0 Å². The minimum atomic E-state index is 0.571. The predicted molar refractivity (Wildman–Crippen MR) is 73.4 cm³/mol. The maximum atomic E-state index is 3.55. The second-order valence-corrected chi connectivity index (χ2v) is 5.71. The van der Waals surface area contributed by atoms with E-state index in [1.165, 1.54) is 21.5 Å². The van der Waals surface area contributed by atoms with Gasteiger partial charge in [0.25, 0.3) is 0 Å². The molecule has 0 aliphatic heterocycles. The molecule has 1 unspecified atom stereocenters. The molecule has 1 aromatic carbocycles. The molecule has 1 rings (SSSR count). The molecule has 0 heterocycles. The minimum absolute atomic E-state index is 0.571. The third-order valence-corrected chi connectivity index (χ3v) is 4.09. The van der Waals surface area contributed by atoms with Gasteiger partial charge in [0.05, 0.1) is 0 Å². The van der Waals surface area contributed by atoms with Gasteiger partial charge in [-0.3, -0.25) is 0 Å². The Morgan fingerprint density at radius 1 is 1.40 bits per heavy atom. The fourth-order valence-electron chi connectivity index (χ4n) is 1.28. The van der Waals surface area contributed by atoms with Crippen molar-refractivity contribution in [1.82, 2.24) is 5.32 Å². The van der Waals surface area contributed by atoms with Crippen LogP contribution in [0.25, 0.3) is 0 Å². The minimum Gasteiger partial charge on any atom is -0.309 e. The molecule has 0 amide bonds. The first-order chi connectivity index (χ1) is 7.24. The van der Waals surface area contributed by atoms with Crippen molar-refractivity contribution in [2.75, 3.05) is 11.5 Å². The molecule has 0 aliphatic carbocycles. The number of hydrogen-bond acceptors (Lipinski definition) is 2. The molecule has 3 heteroatoms. The Labute approximate surface area is 105 Å². The standard InChI is InChI=1S/C12H18BrNS/c1-3-15-9-10(2)14-8-11-6-4-5-7-12(11)13/h4-7,10,14H,3,8-9H2,1-2H3. The van der Waals surface area contributed by atoms with Crippen LogP contribution in [0.3, 0.4) is 0 Å². The van der Waals surface area contributed by atoms with Gasteiger partial charge in [0.1, 0.15) is 0 Å². The van der Waals surface area contributed by atoms with Crippen molar-refractivity contribution >= 4 is 27.7 Å². The summed E-state index contributed by atoms with van der Waals surface area (Å²) in [7, 11) is 0. The number of benzene rings is 1. The highest BCUT2D eigenvalue weighted by molar-refractivity contribution is 9.10. The molecule has 0 aliphatic rings. The van der Waals surface area contributed by atoms with E-state index in [0.717, 1.165) is 6.54 Å². The van der Waals surface area contributed by atoms with Crippen LogP contribution >= 0.6 is 27.7 Å². The maximum absolute atomic E-state index is 3.55. The predicted octanol–water partition coefficient (Wildman–Crippen LogP) is 3.68. The summed E-state index contributed by atoms with van der Waals surface area (Å²) in [5.41, 5.74) is 1.32. The first-order valence-electron chi connectivity index (χ1n) is 5.28. The fraction of sp³-hybridized carbons (Fsp3) is 0.500. The second-order valence-electron chi connectivity index (χ2n) is 3.53. The summed E-state index contributed by atoms with van der Waals surface area (Å²) in [4.78, 5) is 0. The maximum Gasteiger partial charge on any atom is 0.0220 e. The SMILES string of the molecule is CCSCC(C)NCc1ccccc1Br. The molecule has 84 valence electrons. The molecular formula is C12H18BrNS. The van der Waals surface area contributed by atoms with E-state index in [9.17, 15) is 0 Å². The molecule has 0 radical (unpaired) electrons. The monoisotopic (exact) mass is 287 g/mol. The summed E-state index contributed by atoms with van der Waals surface area (Å²) in [6, 6.07) is 8.93. The Kier molecular flexibility index (Phi) is 6.37.